The number of nitrogens with zero attached hydrogens (tertiary/aromatic N) is 1. The molecule has 1 heterocycles. The summed E-state index contributed by atoms with van der Waals surface area (Å²) < 4.78 is 2.01. The van der Waals surface area contributed by atoms with E-state index in [1.807, 2.05) is 60.3 Å². The monoisotopic (exact) mass is 355 g/mol. The summed E-state index contributed by atoms with van der Waals surface area (Å²) in [5.41, 5.74) is 7.18. The molecule has 0 aliphatic heterocycles. The van der Waals surface area contributed by atoms with Crippen LogP contribution in [0.2, 0.25) is 0 Å². The first-order valence-electron chi connectivity index (χ1n) is 8.82. The van der Waals surface area contributed by atoms with Gasteiger partial charge in [-0.15, -0.1) is 0 Å². The summed E-state index contributed by atoms with van der Waals surface area (Å²) in [7, 11) is 0. The second kappa shape index (κ2) is 9.56. The molecule has 0 fully saturated rings. The number of nitrogens with one attached hydrogen (secondary N) is 1. The van der Waals surface area contributed by atoms with Gasteiger partial charge in [0.05, 0.1) is 6.04 Å². The minimum atomic E-state index is -0.557. The van der Waals surface area contributed by atoms with E-state index < -0.39 is 11.9 Å². The van der Waals surface area contributed by atoms with E-state index in [1.54, 1.807) is 0 Å². The molecule has 3 N–H and O–H groups in total. The number of hydrogen-bond acceptors (Lipinski definition) is 3. The second-order valence-corrected chi connectivity index (χ2v) is 6.22. The van der Waals surface area contributed by atoms with Gasteiger partial charge in [0.15, 0.2) is 5.78 Å². The molecular formula is C20H25N3O3. The smallest absolute Gasteiger partial charge is 0.220 e. The molecule has 2 amide bonds. The summed E-state index contributed by atoms with van der Waals surface area (Å²) in [6, 6.07) is 11.4. The third-order valence-electron chi connectivity index (χ3n) is 4.23. The molecule has 6 nitrogen and oxygen atoms in total. The van der Waals surface area contributed by atoms with E-state index in [0.717, 1.165) is 11.3 Å². The Morgan fingerprint density at radius 2 is 1.69 bits per heavy atom. The molecule has 1 aromatic carbocycles. The summed E-state index contributed by atoms with van der Waals surface area (Å²) in [6.45, 7) is 1.83. The van der Waals surface area contributed by atoms with Crippen molar-refractivity contribution in [3.8, 4) is 5.69 Å². The number of nitrogens with two attached hydrogens (primary N) is 1. The van der Waals surface area contributed by atoms with Crippen molar-refractivity contribution in [2.75, 3.05) is 0 Å². The molecule has 0 radical (unpaired) electrons. The first-order chi connectivity index (χ1) is 12.5. The lowest BCUT2D eigenvalue weighted by Crippen LogP contribution is -2.40. The zero-order chi connectivity index (χ0) is 18.9. The number of hydrogen-bond donors (Lipinski definition) is 2. The van der Waals surface area contributed by atoms with E-state index in [2.05, 4.69) is 5.32 Å². The molecule has 1 atom stereocenters. The van der Waals surface area contributed by atoms with Crippen molar-refractivity contribution in [2.24, 2.45) is 5.73 Å². The SMILES string of the molecule is CC[C@H](NC(=O)CCc1ccc(-n2cccc2)cc1)C(=O)CCC(N)=O. The Kier molecular flexibility index (Phi) is 7.14. The fraction of sp³-hybridized carbons (Fsp3) is 0.350. The number of primary amides is 1. The van der Waals surface area contributed by atoms with Gasteiger partial charge in [-0.2, -0.15) is 0 Å². The molecule has 2 rings (SSSR count). The Labute approximate surface area is 153 Å². The van der Waals surface area contributed by atoms with Gasteiger partial charge in [-0.3, -0.25) is 14.4 Å². The third kappa shape index (κ3) is 5.88. The number of benzene rings is 1. The number of amides is 2. The molecule has 0 spiro atoms. The van der Waals surface area contributed by atoms with Crippen LogP contribution in [0.5, 0.6) is 0 Å². The average molecular weight is 355 g/mol. The molecule has 0 saturated heterocycles. The lowest BCUT2D eigenvalue weighted by molar-refractivity contribution is -0.128. The van der Waals surface area contributed by atoms with E-state index in [4.69, 9.17) is 5.73 Å². The van der Waals surface area contributed by atoms with Crippen molar-refractivity contribution in [1.29, 1.82) is 0 Å². The van der Waals surface area contributed by atoms with E-state index in [1.165, 1.54) is 0 Å². The van der Waals surface area contributed by atoms with Gasteiger partial charge >= 0.3 is 0 Å². The van der Waals surface area contributed by atoms with Gasteiger partial charge in [0.1, 0.15) is 0 Å². The van der Waals surface area contributed by atoms with Crippen molar-refractivity contribution >= 4 is 17.6 Å². The summed E-state index contributed by atoms with van der Waals surface area (Å²) in [5, 5.41) is 2.75. The van der Waals surface area contributed by atoms with Crippen LogP contribution in [0.25, 0.3) is 5.69 Å². The highest BCUT2D eigenvalue weighted by atomic mass is 16.2. The van der Waals surface area contributed by atoms with Crippen molar-refractivity contribution in [2.45, 2.75) is 45.1 Å². The zero-order valence-corrected chi connectivity index (χ0v) is 15.0. The lowest BCUT2D eigenvalue weighted by atomic mass is 10.0. The molecule has 6 heteroatoms. The molecule has 0 aliphatic rings. The zero-order valence-electron chi connectivity index (χ0n) is 15.0. The van der Waals surface area contributed by atoms with Crippen LogP contribution in [0.1, 0.15) is 38.2 Å². The van der Waals surface area contributed by atoms with Crippen molar-refractivity contribution in [3.63, 3.8) is 0 Å². The number of ketones is 1. The molecule has 2 aromatic rings. The second-order valence-electron chi connectivity index (χ2n) is 6.22. The predicted octanol–water partition coefficient (Wildman–Crippen LogP) is 2.14. The number of Topliss-reactive ketones (excluding diaryl/α,β-unsaturated/α-hetero) is 1. The average Bonchev–Trinajstić information content (AvgIpc) is 3.17. The Balaban J connectivity index is 1.81. The van der Waals surface area contributed by atoms with Crippen LogP contribution < -0.4 is 11.1 Å². The fourth-order valence-electron chi connectivity index (χ4n) is 2.70. The Hall–Kier alpha value is -2.89. The Morgan fingerprint density at radius 1 is 1.04 bits per heavy atom. The van der Waals surface area contributed by atoms with Gasteiger partial charge in [-0.05, 0) is 42.7 Å². The van der Waals surface area contributed by atoms with Crippen LogP contribution in [0.15, 0.2) is 48.8 Å². The van der Waals surface area contributed by atoms with Crippen LogP contribution in [0.4, 0.5) is 0 Å². The topological polar surface area (TPSA) is 94.2 Å². The summed E-state index contributed by atoms with van der Waals surface area (Å²) in [4.78, 5) is 34.9. The predicted molar refractivity (Wildman–Crippen MR) is 99.7 cm³/mol. The molecule has 0 bridgehead atoms. The minimum Gasteiger partial charge on any atom is -0.370 e. The maximum Gasteiger partial charge on any atom is 0.220 e. The van der Waals surface area contributed by atoms with Gasteiger partial charge < -0.3 is 15.6 Å². The van der Waals surface area contributed by atoms with E-state index in [9.17, 15) is 14.4 Å². The van der Waals surface area contributed by atoms with Gasteiger partial charge in [0.2, 0.25) is 11.8 Å². The molecular weight excluding hydrogens is 330 g/mol. The first kappa shape index (κ1) is 19.4. The minimum absolute atomic E-state index is 0.0128. The number of carbonyl (C=O) groups excluding carboxylic acids is 3. The van der Waals surface area contributed by atoms with Crippen LogP contribution in [-0.4, -0.2) is 28.2 Å². The summed E-state index contributed by atoms with van der Waals surface area (Å²) in [6.07, 6.45) is 5.43. The fourth-order valence-corrected chi connectivity index (χ4v) is 2.70. The standard InChI is InChI=1S/C20H25N3O3/c1-2-17(18(24)10-11-19(21)25)22-20(26)12-7-15-5-8-16(9-6-15)23-13-3-4-14-23/h3-6,8-9,13-14,17H,2,7,10-12H2,1H3,(H2,21,25)(H,22,26)/t17-/m0/s1. The van der Waals surface area contributed by atoms with Gasteiger partial charge in [-0.1, -0.05) is 19.1 Å². The van der Waals surface area contributed by atoms with E-state index in [0.29, 0.717) is 19.3 Å². The highest BCUT2D eigenvalue weighted by Crippen LogP contribution is 2.11. The Morgan fingerprint density at radius 3 is 2.27 bits per heavy atom. The quantitative estimate of drug-likeness (QED) is 0.684. The highest BCUT2D eigenvalue weighted by Gasteiger charge is 2.18. The third-order valence-corrected chi connectivity index (χ3v) is 4.23. The number of aryl methyl sites for hydroxylation is 1. The van der Waals surface area contributed by atoms with E-state index in [-0.39, 0.29) is 24.5 Å². The number of rotatable bonds is 10. The summed E-state index contributed by atoms with van der Waals surface area (Å²) in [5.74, 6) is -0.836. The van der Waals surface area contributed by atoms with Gasteiger partial charge in [0.25, 0.3) is 0 Å². The molecule has 0 unspecified atom stereocenters. The molecule has 0 aliphatic carbocycles. The van der Waals surface area contributed by atoms with Crippen LogP contribution in [0.3, 0.4) is 0 Å². The first-order valence-corrected chi connectivity index (χ1v) is 8.82. The number of aromatic nitrogens is 1. The maximum atomic E-state index is 12.1. The highest BCUT2D eigenvalue weighted by molar-refractivity contribution is 5.91. The van der Waals surface area contributed by atoms with Crippen molar-refractivity contribution in [3.05, 3.63) is 54.4 Å². The van der Waals surface area contributed by atoms with Crippen LogP contribution in [-0.2, 0) is 20.8 Å². The molecule has 0 saturated carbocycles. The van der Waals surface area contributed by atoms with Gasteiger partial charge in [-0.25, -0.2) is 0 Å². The van der Waals surface area contributed by atoms with Crippen molar-refractivity contribution < 1.29 is 14.4 Å². The molecule has 26 heavy (non-hydrogen) atoms. The largest absolute Gasteiger partial charge is 0.370 e. The summed E-state index contributed by atoms with van der Waals surface area (Å²) >= 11 is 0. The molecule has 138 valence electrons. The lowest BCUT2D eigenvalue weighted by Gasteiger charge is -2.15. The molecule has 1 aromatic heterocycles. The maximum absolute atomic E-state index is 12.1. The van der Waals surface area contributed by atoms with Crippen molar-refractivity contribution in [1.82, 2.24) is 9.88 Å². The van der Waals surface area contributed by atoms with Gasteiger partial charge in [0, 0.05) is 37.3 Å². The van der Waals surface area contributed by atoms with E-state index >= 15 is 0 Å². The normalized spacial score (nSPS) is 11.7. The number of carbonyl (C=O) groups is 3. The Bertz CT molecular complexity index is 736. The van der Waals surface area contributed by atoms with Crippen LogP contribution in [0, 0.1) is 0 Å². The van der Waals surface area contributed by atoms with Crippen LogP contribution >= 0.6 is 0 Å².